The normalized spacial score (nSPS) is 32.2. The van der Waals surface area contributed by atoms with Gasteiger partial charge in [-0.25, -0.2) is 4.79 Å². The number of carbonyl (C=O) groups is 1. The molecule has 2 heterocycles. The summed E-state index contributed by atoms with van der Waals surface area (Å²) in [7, 11) is 3.25. The van der Waals surface area contributed by atoms with Gasteiger partial charge >= 0.3 is 6.09 Å². The highest BCUT2D eigenvalue weighted by molar-refractivity contribution is 5.71. The van der Waals surface area contributed by atoms with Crippen LogP contribution in [-0.4, -0.2) is 49.9 Å². The minimum Gasteiger partial charge on any atom is -0.447 e. The molecule has 1 aromatic carbocycles. The molecule has 0 radical (unpaired) electrons. The molecule has 2 saturated heterocycles. The van der Waals surface area contributed by atoms with Crippen molar-refractivity contribution in [2.45, 2.75) is 56.8 Å². The van der Waals surface area contributed by atoms with Crippen LogP contribution in [0.25, 0.3) is 0 Å². The van der Waals surface area contributed by atoms with Crippen LogP contribution in [0, 0.1) is 0 Å². The smallest absolute Gasteiger partial charge is 0.410 e. The summed E-state index contributed by atoms with van der Waals surface area (Å²) in [6.07, 6.45) is 2.51. The number of amides is 1. The van der Waals surface area contributed by atoms with Crippen molar-refractivity contribution in [3.05, 3.63) is 35.9 Å². The van der Waals surface area contributed by atoms with Gasteiger partial charge in [-0.15, -0.1) is 0 Å². The molecule has 2 fully saturated rings. The molecule has 2 aliphatic rings. The Bertz CT molecular complexity index is 580. The first kappa shape index (κ1) is 18.2. The number of rotatable bonds is 7. The van der Waals surface area contributed by atoms with Crippen LogP contribution in [0.15, 0.2) is 30.3 Å². The molecule has 6 nitrogen and oxygen atoms in total. The van der Waals surface area contributed by atoms with E-state index in [9.17, 15) is 4.79 Å². The minimum atomic E-state index is -0.868. The first-order chi connectivity index (χ1) is 12.1. The van der Waals surface area contributed by atoms with Crippen molar-refractivity contribution in [2.24, 2.45) is 0 Å². The van der Waals surface area contributed by atoms with Gasteiger partial charge < -0.3 is 18.9 Å². The number of hydrogen-bond donors (Lipinski definition) is 0. The third-order valence-corrected chi connectivity index (χ3v) is 5.17. The lowest BCUT2D eigenvalue weighted by Gasteiger charge is -2.38. The third kappa shape index (κ3) is 3.38. The molecular weight excluding hydrogens is 322 g/mol. The van der Waals surface area contributed by atoms with Gasteiger partial charge in [-0.1, -0.05) is 43.7 Å². The summed E-state index contributed by atoms with van der Waals surface area (Å²) in [6, 6.07) is 9.54. The van der Waals surface area contributed by atoms with Crippen molar-refractivity contribution in [1.29, 1.82) is 0 Å². The molecular formula is C19H27NO5. The highest BCUT2D eigenvalue weighted by Crippen LogP contribution is 2.44. The molecule has 138 valence electrons. The van der Waals surface area contributed by atoms with Gasteiger partial charge in [0.1, 0.15) is 6.61 Å². The molecule has 6 heteroatoms. The Morgan fingerprint density at radius 3 is 2.68 bits per heavy atom. The van der Waals surface area contributed by atoms with Crippen molar-refractivity contribution in [3.8, 4) is 0 Å². The van der Waals surface area contributed by atoms with Gasteiger partial charge in [-0.2, -0.15) is 0 Å². The summed E-state index contributed by atoms with van der Waals surface area (Å²) in [5, 5.41) is 0. The third-order valence-electron chi connectivity index (χ3n) is 5.17. The SMILES string of the molecule is CCCC[C@@]1(OC)O[C@H](OC)C[C@H]1N1C(=O)OC[C@H]1c1ccccc1. The van der Waals surface area contributed by atoms with E-state index >= 15 is 0 Å². The van der Waals surface area contributed by atoms with Gasteiger partial charge in [0.05, 0.1) is 12.1 Å². The number of ether oxygens (including phenoxy) is 4. The van der Waals surface area contributed by atoms with Crippen molar-refractivity contribution in [1.82, 2.24) is 4.90 Å². The molecule has 0 spiro atoms. The zero-order chi connectivity index (χ0) is 17.9. The molecule has 0 aliphatic carbocycles. The fourth-order valence-electron chi connectivity index (χ4n) is 3.82. The van der Waals surface area contributed by atoms with E-state index in [1.807, 2.05) is 30.3 Å². The number of hydrogen-bond acceptors (Lipinski definition) is 5. The summed E-state index contributed by atoms with van der Waals surface area (Å²) >= 11 is 0. The molecule has 0 N–H and O–H groups in total. The number of unbranched alkanes of at least 4 members (excludes halogenated alkanes) is 1. The van der Waals surface area contributed by atoms with Crippen LogP contribution >= 0.6 is 0 Å². The van der Waals surface area contributed by atoms with E-state index < -0.39 is 12.1 Å². The maximum absolute atomic E-state index is 12.6. The zero-order valence-corrected chi connectivity index (χ0v) is 15.1. The van der Waals surface area contributed by atoms with Crippen molar-refractivity contribution < 1.29 is 23.7 Å². The fourth-order valence-corrected chi connectivity index (χ4v) is 3.82. The predicted octanol–water partition coefficient (Wildman–Crippen LogP) is 3.47. The van der Waals surface area contributed by atoms with Crippen molar-refractivity contribution >= 4 is 6.09 Å². The maximum Gasteiger partial charge on any atom is 0.410 e. The van der Waals surface area contributed by atoms with Crippen LogP contribution in [-0.2, 0) is 18.9 Å². The van der Waals surface area contributed by atoms with E-state index in [0.717, 1.165) is 18.4 Å². The lowest BCUT2D eigenvalue weighted by Crippen LogP contribution is -2.52. The fraction of sp³-hybridized carbons (Fsp3) is 0.632. The van der Waals surface area contributed by atoms with Gasteiger partial charge in [-0.3, -0.25) is 4.90 Å². The van der Waals surface area contributed by atoms with Gasteiger partial charge in [-0.05, 0) is 12.0 Å². The average Bonchev–Trinajstić information content (AvgIpc) is 3.21. The maximum atomic E-state index is 12.6. The Kier molecular flexibility index (Phi) is 5.61. The Balaban J connectivity index is 1.93. The molecule has 0 unspecified atom stereocenters. The lowest BCUT2D eigenvalue weighted by molar-refractivity contribution is -0.271. The van der Waals surface area contributed by atoms with Gasteiger partial charge in [0.2, 0.25) is 0 Å². The van der Waals surface area contributed by atoms with E-state index in [0.29, 0.717) is 19.4 Å². The molecule has 25 heavy (non-hydrogen) atoms. The molecule has 0 saturated carbocycles. The topological polar surface area (TPSA) is 57.2 Å². The van der Waals surface area contributed by atoms with E-state index in [1.165, 1.54) is 0 Å². The van der Waals surface area contributed by atoms with Crippen LogP contribution in [0.3, 0.4) is 0 Å². The quantitative estimate of drug-likeness (QED) is 0.754. The highest BCUT2D eigenvalue weighted by Gasteiger charge is 2.56. The second-order valence-electron chi connectivity index (χ2n) is 6.56. The molecule has 0 bridgehead atoms. The van der Waals surface area contributed by atoms with E-state index in [1.54, 1.807) is 19.1 Å². The predicted molar refractivity (Wildman–Crippen MR) is 91.9 cm³/mol. The largest absolute Gasteiger partial charge is 0.447 e. The van der Waals surface area contributed by atoms with Crippen molar-refractivity contribution in [3.63, 3.8) is 0 Å². The number of cyclic esters (lactones) is 1. The minimum absolute atomic E-state index is 0.144. The first-order valence-corrected chi connectivity index (χ1v) is 8.91. The van der Waals surface area contributed by atoms with E-state index in [4.69, 9.17) is 18.9 Å². The monoisotopic (exact) mass is 349 g/mol. The number of nitrogens with zero attached hydrogens (tertiary/aromatic N) is 1. The second-order valence-corrected chi connectivity index (χ2v) is 6.56. The van der Waals surface area contributed by atoms with Crippen LogP contribution in [0.2, 0.25) is 0 Å². The first-order valence-electron chi connectivity index (χ1n) is 8.91. The summed E-state index contributed by atoms with van der Waals surface area (Å²) in [5.41, 5.74) is 1.05. The van der Waals surface area contributed by atoms with E-state index in [-0.39, 0.29) is 18.2 Å². The molecule has 4 atom stereocenters. The standard InChI is InChI=1S/C19H27NO5/c1-4-5-11-19(23-3)16(12-17(22-2)25-19)20-15(13-24-18(20)21)14-9-7-6-8-10-14/h6-10,15-17H,4-5,11-13H2,1-3H3/t15-,16+,17-,19+/m0/s1. The molecule has 2 aliphatic heterocycles. The summed E-state index contributed by atoms with van der Waals surface area (Å²) in [5.74, 6) is -0.868. The number of methoxy groups -OCH3 is 2. The zero-order valence-electron chi connectivity index (χ0n) is 15.1. The number of benzene rings is 1. The molecule has 1 aromatic rings. The van der Waals surface area contributed by atoms with Gasteiger partial charge in [0.25, 0.3) is 0 Å². The average molecular weight is 349 g/mol. The van der Waals surface area contributed by atoms with Gasteiger partial charge in [0.15, 0.2) is 12.1 Å². The van der Waals surface area contributed by atoms with Crippen molar-refractivity contribution in [2.75, 3.05) is 20.8 Å². The summed E-state index contributed by atoms with van der Waals surface area (Å²) in [6.45, 7) is 2.46. The van der Waals surface area contributed by atoms with Crippen LogP contribution in [0.4, 0.5) is 4.79 Å². The van der Waals surface area contributed by atoms with Crippen LogP contribution in [0.5, 0.6) is 0 Å². The molecule has 0 aromatic heterocycles. The Labute approximate surface area is 149 Å². The lowest BCUT2D eigenvalue weighted by atomic mass is 9.96. The second kappa shape index (κ2) is 7.72. The summed E-state index contributed by atoms with van der Waals surface area (Å²) in [4.78, 5) is 14.4. The van der Waals surface area contributed by atoms with Crippen LogP contribution < -0.4 is 0 Å². The summed E-state index contributed by atoms with van der Waals surface area (Å²) < 4.78 is 22.8. The van der Waals surface area contributed by atoms with Crippen LogP contribution in [0.1, 0.15) is 44.2 Å². The van der Waals surface area contributed by atoms with Gasteiger partial charge in [0, 0.05) is 27.1 Å². The number of carbonyl (C=O) groups excluding carboxylic acids is 1. The Morgan fingerprint density at radius 2 is 2.04 bits per heavy atom. The molecule has 3 rings (SSSR count). The Morgan fingerprint density at radius 1 is 1.28 bits per heavy atom. The molecule has 1 amide bonds. The highest BCUT2D eigenvalue weighted by atomic mass is 16.8. The van der Waals surface area contributed by atoms with E-state index in [2.05, 4.69) is 6.92 Å². The Hall–Kier alpha value is -1.63.